The van der Waals surface area contributed by atoms with E-state index in [1.54, 1.807) is 31.3 Å². The maximum Gasteiger partial charge on any atom is 0.241 e. The summed E-state index contributed by atoms with van der Waals surface area (Å²) in [6.07, 6.45) is 9.37. The summed E-state index contributed by atoms with van der Waals surface area (Å²) in [5.74, 6) is 6.20. The Morgan fingerprint density at radius 2 is 1.96 bits per heavy atom. The molecule has 0 saturated carbocycles. The largest absolute Gasteiger partial charge is 0.475 e. The molecule has 6 rings (SSSR count). The molecule has 1 fully saturated rings. The smallest absolute Gasteiger partial charge is 0.241 e. The number of anilines is 1. The molecule has 0 spiro atoms. The molecule has 266 valence electrons. The fourth-order valence-corrected chi connectivity index (χ4v) is 7.36. The van der Waals surface area contributed by atoms with Crippen molar-refractivity contribution < 1.29 is 9.53 Å². The molecule has 0 radical (unpaired) electrons. The molecule has 2 aliphatic rings. The van der Waals surface area contributed by atoms with E-state index >= 15 is 0 Å². The highest BCUT2D eigenvalue weighted by molar-refractivity contribution is 8.00. The van der Waals surface area contributed by atoms with Crippen LogP contribution in [-0.4, -0.2) is 99.1 Å². The van der Waals surface area contributed by atoms with Gasteiger partial charge in [0, 0.05) is 74.4 Å². The molecule has 1 atom stereocenters. The molecule has 4 aromatic rings. The number of hydrazine groups is 1. The van der Waals surface area contributed by atoms with Crippen LogP contribution in [0.25, 0.3) is 33.4 Å². The van der Waals surface area contributed by atoms with Crippen molar-refractivity contribution in [3.8, 4) is 17.1 Å². The van der Waals surface area contributed by atoms with Crippen molar-refractivity contribution in [3.63, 3.8) is 0 Å². The lowest BCUT2D eigenvalue weighted by molar-refractivity contribution is -0.118. The van der Waals surface area contributed by atoms with Gasteiger partial charge < -0.3 is 20.0 Å². The zero-order valence-electron chi connectivity index (χ0n) is 29.9. The monoisotopic (exact) mass is 705 g/mol. The van der Waals surface area contributed by atoms with Crippen LogP contribution in [0, 0.1) is 0 Å². The number of aromatic amines is 1. The van der Waals surface area contributed by atoms with Gasteiger partial charge in [0.25, 0.3) is 0 Å². The average Bonchev–Trinajstić information content (AvgIpc) is 3.75. The molecule has 2 aromatic heterocycles. The maximum absolute atomic E-state index is 13.9. The van der Waals surface area contributed by atoms with Gasteiger partial charge in [0.2, 0.25) is 11.8 Å². The van der Waals surface area contributed by atoms with Crippen LogP contribution in [0.2, 0.25) is 0 Å². The third kappa shape index (κ3) is 8.36. The second-order valence-electron chi connectivity index (χ2n) is 13.4. The number of pyridine rings is 1. The number of nitrogens with one attached hydrogen (secondary N) is 2. The molecule has 51 heavy (non-hydrogen) atoms. The Labute approximate surface area is 304 Å². The second kappa shape index (κ2) is 15.5. The summed E-state index contributed by atoms with van der Waals surface area (Å²) < 4.78 is 5.14. The van der Waals surface area contributed by atoms with E-state index in [1.807, 2.05) is 62.6 Å². The highest BCUT2D eigenvalue weighted by Crippen LogP contribution is 2.37. The van der Waals surface area contributed by atoms with E-state index in [4.69, 9.17) is 10.6 Å². The number of likely N-dealkylation sites (tertiary alicyclic amines) is 1. The highest BCUT2D eigenvalue weighted by Gasteiger charge is 2.44. The number of fused-ring (bicyclic) bond motifs is 1. The van der Waals surface area contributed by atoms with Crippen molar-refractivity contribution in [3.05, 3.63) is 96.9 Å². The number of ether oxygens (including phenoxy) is 1. The summed E-state index contributed by atoms with van der Waals surface area (Å²) in [5, 5.41) is 13.2. The molecule has 12 heteroatoms. The maximum atomic E-state index is 13.9. The zero-order valence-corrected chi connectivity index (χ0v) is 30.7. The molecule has 4 N–H and O–H groups in total. The van der Waals surface area contributed by atoms with Gasteiger partial charge in [-0.2, -0.15) is 5.10 Å². The van der Waals surface area contributed by atoms with E-state index in [1.165, 1.54) is 16.1 Å². The van der Waals surface area contributed by atoms with Crippen LogP contribution in [0.1, 0.15) is 37.8 Å². The molecule has 2 aliphatic heterocycles. The number of H-pyrrole nitrogens is 1. The Hall–Kier alpha value is -4.91. The number of benzene rings is 2. The third-order valence-electron chi connectivity index (χ3n) is 9.35. The van der Waals surface area contributed by atoms with Gasteiger partial charge in [-0.15, -0.1) is 11.8 Å². The van der Waals surface area contributed by atoms with Crippen LogP contribution in [0.3, 0.4) is 0 Å². The number of thioether (sulfide) groups is 1. The molecular formula is C39H47N9O2S. The lowest BCUT2D eigenvalue weighted by Gasteiger charge is -2.33. The zero-order chi connectivity index (χ0) is 36.1. The van der Waals surface area contributed by atoms with Crippen LogP contribution >= 0.6 is 11.8 Å². The van der Waals surface area contributed by atoms with E-state index in [-0.39, 0.29) is 12.0 Å². The molecule has 1 saturated heterocycles. The number of hydrogen-bond donors (Lipinski definition) is 3. The Morgan fingerprint density at radius 1 is 1.18 bits per heavy atom. The SMILES string of the molecule is C=C(/N=C\N(C)N)c1ccc(C2=CCN(C(=C)CN3CC[C@@](SC)(C(=O)Nc4ccc5[nH]nc(-c6ccc(OC(C)C)nc6)c5c4)C3)CC2)cc1. The summed E-state index contributed by atoms with van der Waals surface area (Å²) in [7, 11) is 1.72. The summed E-state index contributed by atoms with van der Waals surface area (Å²) in [6, 6.07) is 18.0. The minimum atomic E-state index is -0.553. The van der Waals surface area contributed by atoms with E-state index in [0.717, 1.165) is 78.1 Å². The Bertz CT molecular complexity index is 1950. The Kier molecular flexibility index (Phi) is 10.9. The van der Waals surface area contributed by atoms with Crippen molar-refractivity contribution in [1.82, 2.24) is 30.0 Å². The van der Waals surface area contributed by atoms with Crippen molar-refractivity contribution in [1.29, 1.82) is 0 Å². The lowest BCUT2D eigenvalue weighted by Crippen LogP contribution is -2.43. The number of rotatable bonds is 13. The fourth-order valence-electron chi connectivity index (χ4n) is 6.51. The first kappa shape index (κ1) is 35.9. The third-order valence-corrected chi connectivity index (χ3v) is 10.6. The molecule has 0 aliphatic carbocycles. The number of aromatic nitrogens is 3. The number of aliphatic imine (C=N–C) groups is 1. The number of carbonyl (C=O) groups excluding carboxylic acids is 1. The van der Waals surface area contributed by atoms with Crippen molar-refractivity contribution in [2.24, 2.45) is 10.8 Å². The summed E-state index contributed by atoms with van der Waals surface area (Å²) >= 11 is 1.62. The van der Waals surface area contributed by atoms with Crippen molar-refractivity contribution >= 4 is 51.9 Å². The molecule has 1 amide bonds. The summed E-state index contributed by atoms with van der Waals surface area (Å²) in [5.41, 5.74) is 8.51. The van der Waals surface area contributed by atoms with E-state index < -0.39 is 4.75 Å². The van der Waals surface area contributed by atoms with E-state index in [2.05, 4.69) is 66.7 Å². The van der Waals surface area contributed by atoms with Crippen LogP contribution in [-0.2, 0) is 4.79 Å². The molecule has 0 unspecified atom stereocenters. The van der Waals surface area contributed by atoms with Crippen LogP contribution in [0.4, 0.5) is 5.69 Å². The average molecular weight is 706 g/mol. The van der Waals surface area contributed by atoms with Gasteiger partial charge in [0.1, 0.15) is 16.8 Å². The number of nitrogens with zero attached hydrogens (tertiary/aromatic N) is 6. The molecule has 11 nitrogen and oxygen atoms in total. The second-order valence-corrected chi connectivity index (χ2v) is 14.6. The number of hydrogen-bond acceptors (Lipinski definition) is 9. The number of nitrogens with two attached hydrogens (primary N) is 1. The van der Waals surface area contributed by atoms with Gasteiger partial charge in [-0.25, -0.2) is 15.8 Å². The van der Waals surface area contributed by atoms with Gasteiger partial charge in [0.05, 0.1) is 17.3 Å². The number of amides is 1. The first-order valence-corrected chi connectivity index (χ1v) is 18.4. The predicted molar refractivity (Wildman–Crippen MR) is 210 cm³/mol. The first-order chi connectivity index (χ1) is 24.5. The van der Waals surface area contributed by atoms with Crippen LogP contribution in [0.5, 0.6) is 5.88 Å². The number of carbonyl (C=O) groups is 1. The van der Waals surface area contributed by atoms with Gasteiger partial charge in [-0.05, 0) is 73.9 Å². The van der Waals surface area contributed by atoms with E-state index in [0.29, 0.717) is 18.1 Å². The topological polar surface area (TPSA) is 128 Å². The first-order valence-electron chi connectivity index (χ1n) is 17.2. The molecule has 2 aromatic carbocycles. The Balaban J connectivity index is 1.04. The fraction of sp³-hybridized carbons (Fsp3) is 0.333. The minimum Gasteiger partial charge on any atom is -0.475 e. The van der Waals surface area contributed by atoms with Gasteiger partial charge in [-0.3, -0.25) is 14.8 Å². The normalized spacial score (nSPS) is 18.0. The summed E-state index contributed by atoms with van der Waals surface area (Å²) in [4.78, 5) is 27.3. The molecule has 0 bridgehead atoms. The molecular weight excluding hydrogens is 659 g/mol. The molecule has 4 heterocycles. The predicted octanol–water partition coefficient (Wildman–Crippen LogP) is 6.27. The van der Waals surface area contributed by atoms with E-state index in [9.17, 15) is 4.79 Å². The van der Waals surface area contributed by atoms with Gasteiger partial charge >= 0.3 is 0 Å². The Morgan fingerprint density at radius 3 is 2.63 bits per heavy atom. The van der Waals surface area contributed by atoms with Crippen LogP contribution in [0.15, 0.2) is 90.7 Å². The standard InChI is InChI=1S/C39H47N9O2S/c1-26(2)50-36-14-11-32(22-41-36)37-34-21-33(12-13-35(34)44-45-37)43-38(49)39(51-6)17-20-47(24-39)23-27(3)48-18-15-31(16-19-48)30-9-7-29(8-10-30)28(4)42-25-46(5)40/h7-15,21-22,25-26H,3-4,16-20,23-24,40H2,1-2,5-6H3,(H,43,49)(H,44,45)/b42-25-/t39-/m0/s1. The van der Waals surface area contributed by atoms with Gasteiger partial charge in [0.15, 0.2) is 0 Å². The van der Waals surface area contributed by atoms with Gasteiger partial charge in [-0.1, -0.05) is 43.5 Å². The van der Waals surface area contributed by atoms with Crippen molar-refractivity contribution in [2.75, 3.05) is 51.3 Å². The summed E-state index contributed by atoms with van der Waals surface area (Å²) in [6.45, 7) is 16.4. The quantitative estimate of drug-likeness (QED) is 0.0639. The minimum absolute atomic E-state index is 0.0167. The van der Waals surface area contributed by atoms with Crippen molar-refractivity contribution in [2.45, 2.75) is 37.5 Å². The highest BCUT2D eigenvalue weighted by atomic mass is 32.2. The lowest BCUT2D eigenvalue weighted by atomic mass is 9.98. The van der Waals surface area contributed by atoms with Crippen LogP contribution < -0.4 is 15.9 Å².